The number of carbonyl (C=O) groups is 6. The number of alkyl carbamates (subject to hydrolysis) is 1. The van der Waals surface area contributed by atoms with Crippen LogP contribution in [0.4, 0.5) is 4.79 Å². The van der Waals surface area contributed by atoms with E-state index in [0.29, 0.717) is 71.9 Å². The number of aliphatic hydroxyl groups excluding tert-OH is 4. The molecule has 0 radical (unpaired) electrons. The van der Waals surface area contributed by atoms with Gasteiger partial charge in [-0.3, -0.25) is 14.4 Å². The molecule has 0 aromatic rings. The molecule has 10 atom stereocenters. The number of hydrogen-bond acceptors (Lipinski definition) is 21. The van der Waals surface area contributed by atoms with Crippen molar-refractivity contribution in [3.63, 3.8) is 0 Å². The van der Waals surface area contributed by atoms with Crippen LogP contribution in [-0.2, 0) is 66.6 Å². The van der Waals surface area contributed by atoms with Gasteiger partial charge in [-0.15, -0.1) is 0 Å². The number of aliphatic hydroxyl groups is 4. The number of carbonyl (C=O) groups excluding carboxylic acids is 4. The van der Waals surface area contributed by atoms with Crippen molar-refractivity contribution < 1.29 is 102 Å². The van der Waals surface area contributed by atoms with Crippen molar-refractivity contribution >= 4 is 47.7 Å². The van der Waals surface area contributed by atoms with Gasteiger partial charge in [0.25, 0.3) is 0 Å². The number of unbranched alkanes of at least 4 members (excludes halogenated alkanes) is 3. The van der Waals surface area contributed by atoms with Crippen molar-refractivity contribution in [3.05, 3.63) is 23.7 Å². The Morgan fingerprint density at radius 2 is 1.17 bits per heavy atom. The Morgan fingerprint density at radius 1 is 0.654 bits per heavy atom. The summed E-state index contributed by atoms with van der Waals surface area (Å²) in [6.07, 6.45) is -5.20. The lowest BCUT2D eigenvalue weighted by atomic mass is 9.87. The maximum Gasteiger partial charge on any atom is 0.407 e. The number of amides is 3. The molecule has 30 nitrogen and oxygen atoms in total. The normalized spacial score (nSPS) is 20.4. The highest BCUT2D eigenvalue weighted by Crippen LogP contribution is 2.31. The highest BCUT2D eigenvalue weighted by molar-refractivity contribution is 5.86. The molecule has 30 heteroatoms. The van der Waals surface area contributed by atoms with Crippen molar-refractivity contribution in [2.75, 3.05) is 98.9 Å². The maximum absolute atomic E-state index is 13.4. The van der Waals surface area contributed by atoms with Crippen LogP contribution in [0, 0.1) is 5.92 Å². The van der Waals surface area contributed by atoms with E-state index in [-0.39, 0.29) is 70.6 Å². The van der Waals surface area contributed by atoms with Crippen molar-refractivity contribution in [2.24, 2.45) is 38.8 Å². The Kier molecular flexibility index (Phi) is 33.5. The predicted molar refractivity (Wildman–Crippen MR) is 275 cm³/mol. The van der Waals surface area contributed by atoms with Gasteiger partial charge < -0.3 is 112 Å². The number of rotatable bonds is 41. The quantitative estimate of drug-likeness (QED) is 0.0125. The third-order valence-corrected chi connectivity index (χ3v) is 11.7. The standard InChI is InChI=1S/C48H83N9O21/c1-4-15-70-19-21-73-23-24-74-22-20-72-17-11-37(63)57(14-18-71-16-9-10-38(64)77-41(33(61)27-58)40-29(2)31(55-46(49)50)25-35(75-40)44(65)66)13-8-6-5-7-12-53-48(69)78-42(34(62)28-59)43-39(54-30(3)60)32(56-47(51)52)26-36(76-43)45(67)68/h25-26,29,31-34,39-43,58-59,61-62H,4-24,27-28H2,1-3H3,(H,53,69)(H,54,60)(H,65,66)(H,67,68)(H4,49,50,55)(H4,51,52,56)/t29-,31+,32+,33-,34-,39-,40-,41-,42-,43-/m1/s1. The van der Waals surface area contributed by atoms with Gasteiger partial charge >= 0.3 is 24.0 Å². The van der Waals surface area contributed by atoms with Crippen LogP contribution in [0.25, 0.3) is 0 Å². The fourth-order valence-electron chi connectivity index (χ4n) is 7.87. The van der Waals surface area contributed by atoms with Gasteiger partial charge in [-0.05, 0) is 37.8 Å². The van der Waals surface area contributed by atoms with Gasteiger partial charge in [-0.2, -0.15) is 0 Å². The summed E-state index contributed by atoms with van der Waals surface area (Å²) in [5.41, 5.74) is 22.1. The van der Waals surface area contributed by atoms with E-state index in [1.807, 2.05) is 6.92 Å². The van der Waals surface area contributed by atoms with E-state index in [2.05, 4.69) is 20.6 Å². The van der Waals surface area contributed by atoms with Gasteiger partial charge in [0.05, 0.1) is 90.6 Å². The number of aliphatic carboxylic acids is 2. The number of nitrogens with one attached hydrogen (secondary N) is 2. The summed E-state index contributed by atoms with van der Waals surface area (Å²) in [4.78, 5) is 84.9. The van der Waals surface area contributed by atoms with Crippen LogP contribution >= 0.6 is 0 Å². The highest BCUT2D eigenvalue weighted by Gasteiger charge is 2.47. The molecule has 0 aromatic heterocycles. The predicted octanol–water partition coefficient (Wildman–Crippen LogP) is -3.09. The average Bonchev–Trinajstić information content (AvgIpc) is 3.42. The number of esters is 1. The summed E-state index contributed by atoms with van der Waals surface area (Å²) in [7, 11) is 0. The molecule has 0 aromatic carbocycles. The summed E-state index contributed by atoms with van der Waals surface area (Å²) in [5.74, 6) is -7.31. The lowest BCUT2D eigenvalue weighted by molar-refractivity contribution is -0.176. The van der Waals surface area contributed by atoms with Gasteiger partial charge in [0.2, 0.25) is 23.3 Å². The molecule has 2 aliphatic heterocycles. The number of hydrogen-bond donors (Lipinski definition) is 12. The molecule has 0 fully saturated rings. The van der Waals surface area contributed by atoms with Crippen LogP contribution in [0.3, 0.4) is 0 Å². The third kappa shape index (κ3) is 26.5. The summed E-state index contributed by atoms with van der Waals surface area (Å²) < 4.78 is 49.8. The van der Waals surface area contributed by atoms with E-state index in [9.17, 15) is 59.4 Å². The molecular weight excluding hydrogens is 1040 g/mol. The molecule has 16 N–H and O–H groups in total. The van der Waals surface area contributed by atoms with Crippen LogP contribution in [0.2, 0.25) is 0 Å². The SMILES string of the molecule is CCCOCCOCCOCCOCCC(=O)N(CCCCCCNC(=O)O[C@@H]([C@@H]1OC(C(=O)O)=C[C@H](N=C(N)N)[C@H]1NC(C)=O)[C@H](O)CO)CCOCCCC(=O)O[C@@H]([C@@H]1OC(C(=O)O)=C[C@H](N=C(N)N)[C@H]1C)[C@H](O)CO. The number of nitrogens with two attached hydrogens (primary N) is 4. The molecule has 78 heavy (non-hydrogen) atoms. The maximum atomic E-state index is 13.4. The van der Waals surface area contributed by atoms with Gasteiger partial charge in [-0.25, -0.2) is 24.4 Å². The third-order valence-electron chi connectivity index (χ3n) is 11.7. The molecule has 0 unspecified atom stereocenters. The molecule has 0 aliphatic carbocycles. The van der Waals surface area contributed by atoms with Gasteiger partial charge in [0.15, 0.2) is 30.2 Å². The number of ether oxygens (including phenoxy) is 9. The molecule has 0 spiro atoms. The van der Waals surface area contributed by atoms with Crippen molar-refractivity contribution in [1.29, 1.82) is 0 Å². The molecule has 0 saturated carbocycles. The van der Waals surface area contributed by atoms with Crippen LogP contribution in [0.1, 0.15) is 72.1 Å². The first-order chi connectivity index (χ1) is 37.2. The Bertz CT molecular complexity index is 1960. The monoisotopic (exact) mass is 1120 g/mol. The minimum atomic E-state index is -1.80. The van der Waals surface area contributed by atoms with Gasteiger partial charge in [0, 0.05) is 52.1 Å². The Balaban J connectivity index is 1.96. The van der Waals surface area contributed by atoms with Crippen LogP contribution in [0.5, 0.6) is 0 Å². The summed E-state index contributed by atoms with van der Waals surface area (Å²) in [6, 6.07) is -3.39. The summed E-state index contributed by atoms with van der Waals surface area (Å²) in [5, 5.41) is 65.2. The smallest absolute Gasteiger partial charge is 0.407 e. The number of guanidine groups is 2. The van der Waals surface area contributed by atoms with E-state index in [1.165, 1.54) is 6.08 Å². The number of carboxylic acids is 2. The van der Waals surface area contributed by atoms with Crippen LogP contribution < -0.4 is 33.6 Å². The molecule has 2 rings (SSSR count). The van der Waals surface area contributed by atoms with Gasteiger partial charge in [-0.1, -0.05) is 26.7 Å². The molecule has 0 bridgehead atoms. The van der Waals surface area contributed by atoms with E-state index < -0.39 is 121 Å². The van der Waals surface area contributed by atoms with Crippen molar-refractivity contribution in [3.8, 4) is 0 Å². The second-order valence-corrected chi connectivity index (χ2v) is 18.0. The zero-order chi connectivity index (χ0) is 58.0. The lowest BCUT2D eigenvalue weighted by Crippen LogP contribution is -2.61. The first-order valence-electron chi connectivity index (χ1n) is 25.8. The molecule has 0 saturated heterocycles. The highest BCUT2D eigenvalue weighted by atomic mass is 16.6. The fraction of sp³-hybridized carbons (Fsp3) is 0.750. The largest absolute Gasteiger partial charge is 0.479 e. The lowest BCUT2D eigenvalue weighted by Gasteiger charge is -2.39. The van der Waals surface area contributed by atoms with E-state index in [0.717, 1.165) is 19.4 Å². The Morgan fingerprint density at radius 3 is 1.72 bits per heavy atom. The minimum absolute atomic E-state index is 0.0612. The molecule has 446 valence electrons. The first-order valence-corrected chi connectivity index (χ1v) is 25.8. The summed E-state index contributed by atoms with van der Waals surface area (Å²) >= 11 is 0. The topological polar surface area (TPSA) is 463 Å². The second kappa shape index (κ2) is 38.4. The Labute approximate surface area is 452 Å². The Hall–Kier alpha value is -6.12. The van der Waals surface area contributed by atoms with E-state index in [1.54, 1.807) is 11.8 Å². The minimum Gasteiger partial charge on any atom is -0.479 e. The zero-order valence-electron chi connectivity index (χ0n) is 44.6. The second-order valence-electron chi connectivity index (χ2n) is 18.0. The summed E-state index contributed by atoms with van der Waals surface area (Å²) in [6.45, 7) is 6.85. The number of nitrogens with zero attached hydrogens (tertiary/aromatic N) is 3. The average molecular weight is 1120 g/mol. The van der Waals surface area contributed by atoms with Crippen molar-refractivity contribution in [1.82, 2.24) is 15.5 Å². The molecular formula is C48H83N9O21. The zero-order valence-corrected chi connectivity index (χ0v) is 44.6. The number of carboxylic acid groups (broad SMARTS) is 2. The van der Waals surface area contributed by atoms with Crippen molar-refractivity contribution in [2.45, 2.75) is 127 Å². The fourth-order valence-corrected chi connectivity index (χ4v) is 7.87. The van der Waals surface area contributed by atoms with Gasteiger partial charge in [0.1, 0.15) is 18.3 Å². The van der Waals surface area contributed by atoms with Crippen LogP contribution in [-0.4, -0.2) is 237 Å². The number of aliphatic imine (C=N–C) groups is 2. The first kappa shape index (κ1) is 68.0. The molecule has 2 aliphatic rings. The van der Waals surface area contributed by atoms with E-state index >= 15 is 0 Å². The molecule has 2 heterocycles. The molecule has 3 amide bonds. The van der Waals surface area contributed by atoms with Crippen LogP contribution in [0.15, 0.2) is 33.7 Å². The van der Waals surface area contributed by atoms with E-state index in [4.69, 9.17) is 65.6 Å².